The summed E-state index contributed by atoms with van der Waals surface area (Å²) in [5.74, 6) is 0.183. The second-order valence-electron chi connectivity index (χ2n) is 8.46. The minimum Gasteiger partial charge on any atom is -0.404 e. The van der Waals surface area contributed by atoms with Gasteiger partial charge in [0, 0.05) is 39.3 Å². The van der Waals surface area contributed by atoms with Crippen LogP contribution >= 0.6 is 0 Å². The Labute approximate surface area is 196 Å². The Bertz CT molecular complexity index is 1050. The van der Waals surface area contributed by atoms with Crippen LogP contribution in [0.2, 0.25) is 0 Å². The van der Waals surface area contributed by atoms with E-state index in [1.54, 1.807) is 0 Å². The van der Waals surface area contributed by atoms with E-state index in [0.29, 0.717) is 51.5 Å². The highest BCUT2D eigenvalue weighted by molar-refractivity contribution is 5.41. The maximum absolute atomic E-state index is 13.1. The Morgan fingerprint density at radius 1 is 1.03 bits per heavy atom. The number of anilines is 1. The number of H-pyrrole nitrogens is 1. The van der Waals surface area contributed by atoms with Crippen LogP contribution in [0.1, 0.15) is 30.1 Å². The first-order chi connectivity index (χ1) is 16.5. The normalized spacial score (nSPS) is 20.4. The third-order valence-electron chi connectivity index (χ3n) is 6.19. The first-order valence-electron chi connectivity index (χ1n) is 11.1. The fourth-order valence-corrected chi connectivity index (χ4v) is 4.46. The maximum Gasteiger partial charge on any atom is 0.573 e. The predicted molar refractivity (Wildman–Crippen MR) is 113 cm³/mol. The Hall–Kier alpha value is -2.87. The highest BCUT2D eigenvalue weighted by atomic mass is 19.4. The highest BCUT2D eigenvalue weighted by Gasteiger charge is 2.36. The summed E-state index contributed by atoms with van der Waals surface area (Å²) in [5.41, 5.74) is -2.28. The van der Waals surface area contributed by atoms with Crippen molar-refractivity contribution in [2.75, 3.05) is 50.7 Å². The molecule has 0 saturated carbocycles. The summed E-state index contributed by atoms with van der Waals surface area (Å²) in [6, 6.07) is 3.26. The number of nitrogens with one attached hydrogen (secondary N) is 1. The first-order valence-corrected chi connectivity index (χ1v) is 11.1. The van der Waals surface area contributed by atoms with Gasteiger partial charge in [-0.2, -0.15) is 18.3 Å². The molecule has 1 atom stereocenters. The van der Waals surface area contributed by atoms with Crippen LogP contribution in [-0.2, 0) is 6.18 Å². The van der Waals surface area contributed by atoms with Crippen LogP contribution in [0, 0.1) is 0 Å². The van der Waals surface area contributed by atoms with Crippen molar-refractivity contribution in [1.82, 2.24) is 25.0 Å². The van der Waals surface area contributed by atoms with E-state index in [9.17, 15) is 31.1 Å². The highest BCUT2D eigenvalue weighted by Crippen LogP contribution is 2.33. The predicted octanol–water partition coefficient (Wildman–Crippen LogP) is 3.04. The molecule has 0 bridgehead atoms. The van der Waals surface area contributed by atoms with E-state index in [1.165, 1.54) is 12.1 Å². The lowest BCUT2D eigenvalue weighted by molar-refractivity contribution is -0.274. The van der Waals surface area contributed by atoms with Gasteiger partial charge in [-0.3, -0.25) is 14.6 Å². The second-order valence-corrected chi connectivity index (χ2v) is 8.46. The molecule has 2 fully saturated rings. The van der Waals surface area contributed by atoms with Crippen molar-refractivity contribution in [3.63, 3.8) is 0 Å². The van der Waals surface area contributed by atoms with Gasteiger partial charge in [0.2, 0.25) is 0 Å². The zero-order valence-corrected chi connectivity index (χ0v) is 18.6. The number of hydrogen-bond acceptors (Lipinski definition) is 7. The number of aromatic nitrogens is 3. The molecule has 2 aliphatic rings. The monoisotopic (exact) mass is 506 g/mol. The van der Waals surface area contributed by atoms with Gasteiger partial charge in [-0.05, 0) is 37.6 Å². The fraction of sp³-hybridized carbons (Fsp3) is 0.571. The third kappa shape index (κ3) is 6.42. The summed E-state index contributed by atoms with van der Waals surface area (Å²) < 4.78 is 80.1. The minimum atomic E-state index is -4.77. The molecular formula is C21H24F6N6O2. The molecule has 4 rings (SSSR count). The van der Waals surface area contributed by atoms with E-state index in [1.807, 2.05) is 10.00 Å². The molecule has 0 aliphatic carbocycles. The van der Waals surface area contributed by atoms with E-state index in [0.717, 1.165) is 25.2 Å². The van der Waals surface area contributed by atoms with E-state index in [2.05, 4.69) is 24.6 Å². The SMILES string of the molecule is O=c1[nH]nc(C2CCCN2CCN2CCN(c3ccc(OC(F)(F)F)cn3)CC2)cc1C(F)(F)F. The third-order valence-corrected chi connectivity index (χ3v) is 6.19. The molecule has 192 valence electrons. The number of nitrogens with zero attached hydrogens (tertiary/aromatic N) is 5. The molecule has 4 heterocycles. The molecule has 1 unspecified atom stereocenters. The quantitative estimate of drug-likeness (QED) is 0.604. The maximum atomic E-state index is 13.1. The summed E-state index contributed by atoms with van der Waals surface area (Å²) in [6.07, 6.45) is -6.99. The van der Waals surface area contributed by atoms with Crippen molar-refractivity contribution >= 4 is 5.82 Å². The summed E-state index contributed by atoms with van der Waals surface area (Å²) in [7, 11) is 0. The smallest absolute Gasteiger partial charge is 0.404 e. The number of rotatable bonds is 6. The van der Waals surface area contributed by atoms with E-state index in [4.69, 9.17) is 0 Å². The summed E-state index contributed by atoms with van der Waals surface area (Å²) in [6.45, 7) is 4.73. The Kier molecular flexibility index (Phi) is 7.22. The van der Waals surface area contributed by atoms with Crippen molar-refractivity contribution in [2.45, 2.75) is 31.4 Å². The van der Waals surface area contributed by atoms with Gasteiger partial charge in [0.05, 0.1) is 17.9 Å². The molecule has 2 aliphatic heterocycles. The fourth-order valence-electron chi connectivity index (χ4n) is 4.46. The van der Waals surface area contributed by atoms with Gasteiger partial charge in [0.25, 0.3) is 5.56 Å². The summed E-state index contributed by atoms with van der Waals surface area (Å²) in [5, 5.41) is 5.85. The average molecular weight is 506 g/mol. The van der Waals surface area contributed by atoms with Gasteiger partial charge in [0.1, 0.15) is 17.1 Å². The van der Waals surface area contributed by atoms with Crippen LogP contribution in [0.25, 0.3) is 0 Å². The van der Waals surface area contributed by atoms with Gasteiger partial charge < -0.3 is 9.64 Å². The van der Waals surface area contributed by atoms with E-state index in [-0.39, 0.29) is 17.5 Å². The van der Waals surface area contributed by atoms with Gasteiger partial charge in [-0.25, -0.2) is 10.1 Å². The van der Waals surface area contributed by atoms with Crippen molar-refractivity contribution in [1.29, 1.82) is 0 Å². The zero-order valence-electron chi connectivity index (χ0n) is 18.6. The second kappa shape index (κ2) is 10.0. The van der Waals surface area contributed by atoms with Crippen LogP contribution in [0.4, 0.5) is 32.2 Å². The number of likely N-dealkylation sites (tertiary alicyclic amines) is 1. The number of halogens is 6. The molecule has 0 spiro atoms. The van der Waals surface area contributed by atoms with Crippen LogP contribution in [0.3, 0.4) is 0 Å². The van der Waals surface area contributed by atoms with Crippen molar-refractivity contribution in [2.24, 2.45) is 0 Å². The number of ether oxygens (including phenoxy) is 1. The lowest BCUT2D eigenvalue weighted by Crippen LogP contribution is -2.48. The number of pyridine rings is 1. The minimum absolute atomic E-state index is 0.211. The molecule has 1 N–H and O–H groups in total. The van der Waals surface area contributed by atoms with Crippen molar-refractivity contribution < 1.29 is 31.1 Å². The lowest BCUT2D eigenvalue weighted by atomic mass is 10.1. The number of hydrogen-bond donors (Lipinski definition) is 1. The molecule has 14 heteroatoms. The molecule has 2 aromatic heterocycles. The Balaban J connectivity index is 1.29. The van der Waals surface area contributed by atoms with Crippen LogP contribution in [0.15, 0.2) is 29.2 Å². The van der Waals surface area contributed by atoms with Gasteiger partial charge in [0.15, 0.2) is 0 Å². The molecule has 2 saturated heterocycles. The van der Waals surface area contributed by atoms with E-state index >= 15 is 0 Å². The van der Waals surface area contributed by atoms with Gasteiger partial charge in [-0.15, -0.1) is 13.2 Å². The van der Waals surface area contributed by atoms with Gasteiger partial charge in [-0.1, -0.05) is 0 Å². The Morgan fingerprint density at radius 3 is 2.40 bits per heavy atom. The number of aromatic amines is 1. The average Bonchev–Trinajstić information content (AvgIpc) is 3.26. The standard InChI is InChI=1S/C21H24F6N6O2/c22-20(23,24)15-12-16(29-30-19(15)34)17-2-1-5-32(17)9-6-31-7-10-33(11-8-31)18-4-3-14(13-28-18)35-21(25,26)27/h3-4,12-13,17H,1-2,5-11H2,(H,30,34). The largest absolute Gasteiger partial charge is 0.573 e. The van der Waals surface area contributed by atoms with Crippen LogP contribution in [0.5, 0.6) is 5.75 Å². The molecule has 0 radical (unpaired) electrons. The van der Waals surface area contributed by atoms with E-state index < -0.39 is 23.7 Å². The lowest BCUT2D eigenvalue weighted by Gasteiger charge is -2.36. The molecule has 0 amide bonds. The van der Waals surface area contributed by atoms with Gasteiger partial charge >= 0.3 is 12.5 Å². The molecule has 2 aromatic rings. The zero-order chi connectivity index (χ0) is 25.2. The molecule has 8 nitrogen and oxygen atoms in total. The number of piperazine rings is 1. The van der Waals surface area contributed by atoms with Crippen molar-refractivity contribution in [3.05, 3.63) is 46.0 Å². The van der Waals surface area contributed by atoms with Crippen molar-refractivity contribution in [3.8, 4) is 5.75 Å². The molecule has 35 heavy (non-hydrogen) atoms. The topological polar surface area (TPSA) is 77.6 Å². The Morgan fingerprint density at radius 2 is 1.77 bits per heavy atom. The summed E-state index contributed by atoms with van der Waals surface area (Å²) >= 11 is 0. The van der Waals surface area contributed by atoms with Crippen LogP contribution in [-0.4, -0.2) is 77.2 Å². The summed E-state index contributed by atoms with van der Waals surface area (Å²) in [4.78, 5) is 21.8. The van der Waals surface area contributed by atoms with Crippen LogP contribution < -0.4 is 15.2 Å². The number of alkyl halides is 6. The molecule has 0 aromatic carbocycles. The molecular weight excluding hydrogens is 482 g/mol. The first kappa shape index (κ1) is 25.2.